The molecule has 0 aliphatic heterocycles. The lowest BCUT2D eigenvalue weighted by Gasteiger charge is -2.07. The van der Waals surface area contributed by atoms with E-state index in [-0.39, 0.29) is 16.4 Å². The SMILES string of the molecule is Cc1cc(Cl)c(C(=O)C(C)N)cc1F. The van der Waals surface area contributed by atoms with Gasteiger partial charge in [-0.2, -0.15) is 0 Å². The number of carbonyl (C=O) groups is 1. The second-order valence-corrected chi connectivity index (χ2v) is 3.64. The number of carbonyl (C=O) groups excluding carboxylic acids is 1. The highest BCUT2D eigenvalue weighted by Gasteiger charge is 2.16. The van der Waals surface area contributed by atoms with Crippen LogP contribution in [0.25, 0.3) is 0 Å². The van der Waals surface area contributed by atoms with Crippen LogP contribution >= 0.6 is 11.6 Å². The summed E-state index contributed by atoms with van der Waals surface area (Å²) in [4.78, 5) is 11.5. The lowest BCUT2D eigenvalue weighted by molar-refractivity contribution is 0.0967. The zero-order valence-corrected chi connectivity index (χ0v) is 8.73. The van der Waals surface area contributed by atoms with Gasteiger partial charge in [0.15, 0.2) is 5.78 Å². The lowest BCUT2D eigenvalue weighted by atomic mass is 10.0. The lowest BCUT2D eigenvalue weighted by Crippen LogP contribution is -2.27. The van der Waals surface area contributed by atoms with E-state index in [2.05, 4.69) is 0 Å². The number of halogens is 2. The van der Waals surface area contributed by atoms with Crippen LogP contribution in [0, 0.1) is 12.7 Å². The number of aryl methyl sites for hydroxylation is 1. The number of hydrogen-bond acceptors (Lipinski definition) is 2. The van der Waals surface area contributed by atoms with Crippen molar-refractivity contribution in [2.24, 2.45) is 5.73 Å². The summed E-state index contributed by atoms with van der Waals surface area (Å²) in [6.07, 6.45) is 0. The van der Waals surface area contributed by atoms with Crippen LogP contribution in [0.15, 0.2) is 12.1 Å². The van der Waals surface area contributed by atoms with Gasteiger partial charge in [0.2, 0.25) is 0 Å². The van der Waals surface area contributed by atoms with Crippen molar-refractivity contribution >= 4 is 17.4 Å². The maximum Gasteiger partial charge on any atom is 0.180 e. The Labute approximate surface area is 86.9 Å². The van der Waals surface area contributed by atoms with E-state index in [0.29, 0.717) is 5.56 Å². The third-order valence-corrected chi connectivity index (χ3v) is 2.24. The Balaban J connectivity index is 3.22. The van der Waals surface area contributed by atoms with Crippen LogP contribution in [0.5, 0.6) is 0 Å². The quantitative estimate of drug-likeness (QED) is 0.770. The molecular formula is C10H11ClFNO. The molecule has 0 heterocycles. The van der Waals surface area contributed by atoms with E-state index in [0.717, 1.165) is 6.07 Å². The molecule has 4 heteroatoms. The Morgan fingerprint density at radius 2 is 2.14 bits per heavy atom. The Morgan fingerprint density at radius 1 is 1.57 bits per heavy atom. The standard InChI is InChI=1S/C10H11ClFNO/c1-5-3-8(11)7(4-9(5)12)10(14)6(2)13/h3-4,6H,13H2,1-2H3. The van der Waals surface area contributed by atoms with E-state index in [1.165, 1.54) is 13.0 Å². The van der Waals surface area contributed by atoms with Gasteiger partial charge in [-0.15, -0.1) is 0 Å². The number of rotatable bonds is 2. The van der Waals surface area contributed by atoms with Crippen molar-refractivity contribution in [3.63, 3.8) is 0 Å². The van der Waals surface area contributed by atoms with Crippen LogP contribution < -0.4 is 5.73 Å². The van der Waals surface area contributed by atoms with E-state index >= 15 is 0 Å². The molecule has 0 aromatic heterocycles. The molecule has 0 saturated carbocycles. The molecule has 76 valence electrons. The van der Waals surface area contributed by atoms with Crippen molar-refractivity contribution in [3.8, 4) is 0 Å². The Kier molecular flexibility index (Phi) is 3.24. The fraction of sp³-hybridized carbons (Fsp3) is 0.300. The van der Waals surface area contributed by atoms with Gasteiger partial charge in [-0.25, -0.2) is 4.39 Å². The smallest absolute Gasteiger partial charge is 0.180 e. The Hall–Kier alpha value is -0.930. The van der Waals surface area contributed by atoms with Gasteiger partial charge >= 0.3 is 0 Å². The predicted octanol–water partition coefficient (Wildman–Crippen LogP) is 2.32. The second-order valence-electron chi connectivity index (χ2n) is 3.23. The first-order valence-electron chi connectivity index (χ1n) is 4.19. The third kappa shape index (κ3) is 2.11. The molecule has 0 fully saturated rings. The molecule has 0 aliphatic rings. The molecule has 0 amide bonds. The van der Waals surface area contributed by atoms with Crippen molar-refractivity contribution in [3.05, 3.63) is 34.1 Å². The summed E-state index contributed by atoms with van der Waals surface area (Å²) >= 11 is 5.80. The molecule has 2 nitrogen and oxygen atoms in total. The summed E-state index contributed by atoms with van der Waals surface area (Å²) in [5.74, 6) is -0.799. The molecular weight excluding hydrogens is 205 g/mol. The van der Waals surface area contributed by atoms with Gasteiger partial charge in [0.25, 0.3) is 0 Å². The summed E-state index contributed by atoms with van der Waals surface area (Å²) < 4.78 is 13.1. The maximum absolute atomic E-state index is 13.1. The molecule has 14 heavy (non-hydrogen) atoms. The molecule has 0 bridgehead atoms. The molecule has 0 aliphatic carbocycles. The van der Waals surface area contributed by atoms with Crippen LogP contribution in [0.2, 0.25) is 5.02 Å². The van der Waals surface area contributed by atoms with E-state index in [9.17, 15) is 9.18 Å². The minimum absolute atomic E-state index is 0.143. The molecule has 1 atom stereocenters. The van der Waals surface area contributed by atoms with Crippen LogP contribution in [0.1, 0.15) is 22.8 Å². The first-order chi connectivity index (χ1) is 6.43. The number of benzene rings is 1. The van der Waals surface area contributed by atoms with E-state index in [1.807, 2.05) is 0 Å². The van der Waals surface area contributed by atoms with Crippen LogP contribution in [-0.4, -0.2) is 11.8 Å². The maximum atomic E-state index is 13.1. The summed E-state index contributed by atoms with van der Waals surface area (Å²) in [5.41, 5.74) is 5.95. The molecule has 0 spiro atoms. The predicted molar refractivity (Wildman–Crippen MR) is 54.1 cm³/mol. The minimum Gasteiger partial charge on any atom is -0.321 e. The van der Waals surface area contributed by atoms with Gasteiger partial charge in [0.1, 0.15) is 5.82 Å². The summed E-state index contributed by atoms with van der Waals surface area (Å²) in [6, 6.07) is 1.88. The van der Waals surface area contributed by atoms with Crippen molar-refractivity contribution in [1.82, 2.24) is 0 Å². The van der Waals surface area contributed by atoms with Crippen LogP contribution in [0.3, 0.4) is 0 Å². The Morgan fingerprint density at radius 3 is 2.64 bits per heavy atom. The average molecular weight is 216 g/mol. The molecule has 0 saturated heterocycles. The fourth-order valence-corrected chi connectivity index (χ4v) is 1.39. The second kappa shape index (κ2) is 4.07. The summed E-state index contributed by atoms with van der Waals surface area (Å²) in [6.45, 7) is 3.12. The molecule has 1 rings (SSSR count). The minimum atomic E-state index is -0.672. The van der Waals surface area contributed by atoms with Crippen LogP contribution in [-0.2, 0) is 0 Å². The Bertz CT molecular complexity index is 377. The van der Waals surface area contributed by atoms with Gasteiger partial charge in [-0.1, -0.05) is 11.6 Å². The van der Waals surface area contributed by atoms with E-state index in [4.69, 9.17) is 17.3 Å². The zero-order chi connectivity index (χ0) is 10.9. The summed E-state index contributed by atoms with van der Waals surface area (Å²) in [5, 5.41) is 0.242. The highest BCUT2D eigenvalue weighted by Crippen LogP contribution is 2.21. The first kappa shape index (κ1) is 11.1. The van der Waals surface area contributed by atoms with Crippen molar-refractivity contribution in [2.75, 3.05) is 0 Å². The normalized spacial score (nSPS) is 12.6. The number of Topliss-reactive ketones (excluding diaryl/α,β-unsaturated/α-hetero) is 1. The topological polar surface area (TPSA) is 43.1 Å². The fourth-order valence-electron chi connectivity index (χ4n) is 1.08. The van der Waals surface area contributed by atoms with E-state index in [1.54, 1.807) is 6.92 Å². The molecule has 1 aromatic carbocycles. The molecule has 0 radical (unpaired) electrons. The zero-order valence-electron chi connectivity index (χ0n) is 7.97. The van der Waals surface area contributed by atoms with Crippen molar-refractivity contribution in [1.29, 1.82) is 0 Å². The van der Waals surface area contributed by atoms with Gasteiger partial charge in [-0.3, -0.25) is 4.79 Å². The number of ketones is 1. The highest BCUT2D eigenvalue weighted by atomic mass is 35.5. The van der Waals surface area contributed by atoms with Gasteiger partial charge in [0, 0.05) is 5.56 Å². The number of hydrogen-bond donors (Lipinski definition) is 1. The third-order valence-electron chi connectivity index (χ3n) is 1.93. The van der Waals surface area contributed by atoms with Gasteiger partial charge in [-0.05, 0) is 31.5 Å². The van der Waals surface area contributed by atoms with Gasteiger partial charge in [0.05, 0.1) is 11.1 Å². The van der Waals surface area contributed by atoms with Crippen molar-refractivity contribution in [2.45, 2.75) is 19.9 Å². The molecule has 2 N–H and O–H groups in total. The summed E-state index contributed by atoms with van der Waals surface area (Å²) in [7, 11) is 0. The van der Waals surface area contributed by atoms with E-state index < -0.39 is 11.9 Å². The van der Waals surface area contributed by atoms with Gasteiger partial charge < -0.3 is 5.73 Å². The molecule has 1 aromatic rings. The van der Waals surface area contributed by atoms with Crippen molar-refractivity contribution < 1.29 is 9.18 Å². The molecule has 1 unspecified atom stereocenters. The number of nitrogens with two attached hydrogens (primary N) is 1. The van der Waals surface area contributed by atoms with Crippen LogP contribution in [0.4, 0.5) is 4.39 Å². The average Bonchev–Trinajstić information content (AvgIpc) is 2.10. The highest BCUT2D eigenvalue weighted by molar-refractivity contribution is 6.34. The largest absolute Gasteiger partial charge is 0.321 e. The monoisotopic (exact) mass is 215 g/mol. The first-order valence-corrected chi connectivity index (χ1v) is 4.56.